The van der Waals surface area contributed by atoms with Crippen molar-refractivity contribution < 1.29 is 20.1 Å². The van der Waals surface area contributed by atoms with Gasteiger partial charge in [0.1, 0.15) is 24.1 Å². The highest BCUT2D eigenvalue weighted by Crippen LogP contribution is 2.25. The molecule has 0 saturated carbocycles. The van der Waals surface area contributed by atoms with Gasteiger partial charge in [0, 0.05) is 6.20 Å². The summed E-state index contributed by atoms with van der Waals surface area (Å²) in [6.07, 6.45) is -3.41. The highest BCUT2D eigenvalue weighted by Gasteiger charge is 2.43. The van der Waals surface area contributed by atoms with E-state index in [1.165, 1.54) is 12.3 Å². The molecule has 2 rings (SSSR count). The molecule has 5 atom stereocenters. The summed E-state index contributed by atoms with van der Waals surface area (Å²) in [5.41, 5.74) is 10.4. The molecule has 7 N–H and O–H groups in total. The Morgan fingerprint density at radius 2 is 2.11 bits per heavy atom. The predicted octanol–water partition coefficient (Wildman–Crippen LogP) is -3.24. The monoisotopic (exact) mass is 272 g/mol. The van der Waals surface area contributed by atoms with Crippen molar-refractivity contribution in [1.82, 2.24) is 9.55 Å². The molecule has 9 nitrogen and oxygen atoms in total. The van der Waals surface area contributed by atoms with Gasteiger partial charge in [-0.3, -0.25) is 4.57 Å². The third-order valence-electron chi connectivity index (χ3n) is 3.07. The highest BCUT2D eigenvalue weighted by atomic mass is 16.5. The minimum absolute atomic E-state index is 0.0462. The van der Waals surface area contributed by atoms with Gasteiger partial charge in [-0.05, 0) is 6.07 Å². The van der Waals surface area contributed by atoms with Gasteiger partial charge < -0.3 is 31.5 Å². The van der Waals surface area contributed by atoms with Crippen LogP contribution in [0.1, 0.15) is 6.23 Å². The first-order valence-electron chi connectivity index (χ1n) is 5.68. The van der Waals surface area contributed by atoms with Crippen LogP contribution < -0.4 is 17.2 Å². The second-order valence-electron chi connectivity index (χ2n) is 4.35. The van der Waals surface area contributed by atoms with Gasteiger partial charge in [0.05, 0.1) is 12.6 Å². The zero-order chi connectivity index (χ0) is 14.2. The van der Waals surface area contributed by atoms with E-state index in [0.717, 1.165) is 4.57 Å². The van der Waals surface area contributed by atoms with Gasteiger partial charge in [-0.2, -0.15) is 4.98 Å². The zero-order valence-corrected chi connectivity index (χ0v) is 9.96. The van der Waals surface area contributed by atoms with Crippen molar-refractivity contribution in [1.29, 1.82) is 0 Å². The Bertz CT molecular complexity index is 505. The van der Waals surface area contributed by atoms with E-state index in [4.69, 9.17) is 21.3 Å². The maximum atomic E-state index is 11.7. The van der Waals surface area contributed by atoms with Crippen molar-refractivity contribution in [2.45, 2.75) is 30.6 Å². The number of hydrogen-bond acceptors (Lipinski definition) is 8. The van der Waals surface area contributed by atoms with Crippen LogP contribution in [0, 0.1) is 0 Å². The Kier molecular flexibility index (Phi) is 3.83. The lowest BCUT2D eigenvalue weighted by molar-refractivity contribution is -0.211. The van der Waals surface area contributed by atoms with Crippen LogP contribution in [-0.4, -0.2) is 55.8 Å². The lowest BCUT2D eigenvalue weighted by Crippen LogP contribution is -2.60. The lowest BCUT2D eigenvalue weighted by Gasteiger charge is -2.41. The van der Waals surface area contributed by atoms with Gasteiger partial charge in [-0.1, -0.05) is 0 Å². The molecule has 1 aliphatic heterocycles. The largest absolute Gasteiger partial charge is 0.394 e. The van der Waals surface area contributed by atoms with Crippen LogP contribution in [-0.2, 0) is 4.74 Å². The van der Waals surface area contributed by atoms with Crippen molar-refractivity contribution in [2.24, 2.45) is 5.73 Å². The first kappa shape index (κ1) is 13.9. The summed E-state index contributed by atoms with van der Waals surface area (Å²) < 4.78 is 6.39. The first-order valence-corrected chi connectivity index (χ1v) is 5.68. The van der Waals surface area contributed by atoms with Crippen LogP contribution in [0.15, 0.2) is 17.1 Å². The van der Waals surface area contributed by atoms with Crippen LogP contribution in [0.5, 0.6) is 0 Å². The number of ether oxygens (including phenoxy) is 1. The number of nitrogens with two attached hydrogens (primary N) is 2. The summed E-state index contributed by atoms with van der Waals surface area (Å²) >= 11 is 0. The van der Waals surface area contributed by atoms with Gasteiger partial charge in [-0.25, -0.2) is 4.79 Å². The second kappa shape index (κ2) is 5.23. The van der Waals surface area contributed by atoms with E-state index in [1.807, 2.05) is 0 Å². The quantitative estimate of drug-likeness (QED) is 0.376. The molecule has 1 saturated heterocycles. The normalized spacial score (nSPS) is 35.3. The molecule has 1 fully saturated rings. The molecule has 0 radical (unpaired) electrons. The highest BCUT2D eigenvalue weighted by molar-refractivity contribution is 5.23. The Balaban J connectivity index is 2.35. The topological polar surface area (TPSA) is 157 Å². The fraction of sp³-hybridized carbons (Fsp3) is 0.600. The molecule has 0 amide bonds. The Labute approximate surface area is 108 Å². The predicted molar refractivity (Wildman–Crippen MR) is 63.9 cm³/mol. The van der Waals surface area contributed by atoms with Crippen molar-refractivity contribution in [3.63, 3.8) is 0 Å². The third kappa shape index (κ3) is 2.46. The summed E-state index contributed by atoms with van der Waals surface area (Å²) in [5.74, 6) is 0.0462. The van der Waals surface area contributed by atoms with Crippen LogP contribution >= 0.6 is 0 Å². The van der Waals surface area contributed by atoms with Crippen LogP contribution in [0.4, 0.5) is 5.82 Å². The molecular formula is C10H16N4O5. The fourth-order valence-corrected chi connectivity index (χ4v) is 1.99. The summed E-state index contributed by atoms with van der Waals surface area (Å²) in [6.45, 7) is -0.515. The minimum atomic E-state index is -1.33. The average Bonchev–Trinajstić information content (AvgIpc) is 2.38. The van der Waals surface area contributed by atoms with Crippen molar-refractivity contribution in [2.75, 3.05) is 12.3 Å². The first-order chi connectivity index (χ1) is 8.95. The van der Waals surface area contributed by atoms with E-state index in [0.29, 0.717) is 0 Å². The lowest BCUT2D eigenvalue weighted by atomic mass is 9.97. The summed E-state index contributed by atoms with van der Waals surface area (Å²) in [4.78, 5) is 15.2. The molecule has 0 bridgehead atoms. The zero-order valence-electron chi connectivity index (χ0n) is 9.96. The van der Waals surface area contributed by atoms with E-state index < -0.39 is 42.9 Å². The summed E-state index contributed by atoms with van der Waals surface area (Å²) in [6, 6.07) is 0.337. The van der Waals surface area contributed by atoms with E-state index >= 15 is 0 Å². The maximum Gasteiger partial charge on any atom is 0.351 e. The van der Waals surface area contributed by atoms with Gasteiger partial charge in [0.25, 0.3) is 0 Å². The van der Waals surface area contributed by atoms with Crippen molar-refractivity contribution in [3.8, 4) is 0 Å². The summed E-state index contributed by atoms with van der Waals surface area (Å²) in [5, 5.41) is 28.5. The number of nitrogens with zero attached hydrogens (tertiary/aromatic N) is 2. The van der Waals surface area contributed by atoms with Gasteiger partial charge in [0.15, 0.2) is 6.23 Å². The molecule has 9 heteroatoms. The molecule has 1 aromatic rings. The SMILES string of the molecule is Nc1ccn([C@@H]2O[C@H](CO)[C@H](O)[C@H](O)[C@H]2N)c(=O)n1. The van der Waals surface area contributed by atoms with E-state index in [9.17, 15) is 15.0 Å². The van der Waals surface area contributed by atoms with E-state index in [-0.39, 0.29) is 5.82 Å². The number of hydrogen-bond donors (Lipinski definition) is 5. The number of aliphatic hydroxyl groups is 3. The third-order valence-corrected chi connectivity index (χ3v) is 3.07. The van der Waals surface area contributed by atoms with Crippen LogP contribution in [0.3, 0.4) is 0 Å². The number of nitrogen functional groups attached to an aromatic ring is 1. The smallest absolute Gasteiger partial charge is 0.351 e. The van der Waals surface area contributed by atoms with Crippen LogP contribution in [0.2, 0.25) is 0 Å². The molecule has 0 spiro atoms. The maximum absolute atomic E-state index is 11.7. The Morgan fingerprint density at radius 1 is 1.42 bits per heavy atom. The minimum Gasteiger partial charge on any atom is -0.394 e. The van der Waals surface area contributed by atoms with Gasteiger partial charge in [-0.15, -0.1) is 0 Å². The van der Waals surface area contributed by atoms with E-state index in [2.05, 4.69) is 4.98 Å². The molecule has 0 aromatic carbocycles. The Hall–Kier alpha value is -1.52. The number of rotatable bonds is 2. The number of aliphatic hydroxyl groups excluding tert-OH is 3. The number of aromatic nitrogens is 2. The van der Waals surface area contributed by atoms with Gasteiger partial charge >= 0.3 is 5.69 Å². The average molecular weight is 272 g/mol. The van der Waals surface area contributed by atoms with Gasteiger partial charge in [0.2, 0.25) is 0 Å². The molecule has 19 heavy (non-hydrogen) atoms. The molecule has 1 aliphatic rings. The van der Waals surface area contributed by atoms with Crippen LogP contribution in [0.25, 0.3) is 0 Å². The van der Waals surface area contributed by atoms with E-state index in [1.54, 1.807) is 0 Å². The Morgan fingerprint density at radius 3 is 2.68 bits per heavy atom. The molecule has 0 aliphatic carbocycles. The molecule has 106 valence electrons. The molecule has 1 aromatic heterocycles. The fourth-order valence-electron chi connectivity index (χ4n) is 1.99. The summed E-state index contributed by atoms with van der Waals surface area (Å²) in [7, 11) is 0. The standard InChI is InChI=1S/C10H16N4O5/c11-5-1-2-14(10(18)13-5)9-6(12)8(17)7(16)4(3-15)19-9/h1-2,4,6-9,15-17H,3,12H2,(H2,11,13,18)/t4-,6-,7+,8-,9-/m1/s1. The molecule has 0 unspecified atom stereocenters. The van der Waals surface area contributed by atoms with Crippen molar-refractivity contribution >= 4 is 5.82 Å². The molecule has 2 heterocycles. The molecular weight excluding hydrogens is 256 g/mol. The van der Waals surface area contributed by atoms with Crippen molar-refractivity contribution in [3.05, 3.63) is 22.7 Å². The number of anilines is 1. The second-order valence-corrected chi connectivity index (χ2v) is 4.35.